The van der Waals surface area contributed by atoms with Crippen molar-refractivity contribution in [3.8, 4) is 0 Å². The van der Waals surface area contributed by atoms with Crippen LogP contribution in [0.25, 0.3) is 0 Å². The summed E-state index contributed by atoms with van der Waals surface area (Å²) in [4.78, 5) is 11.5. The fourth-order valence-electron chi connectivity index (χ4n) is 1.70. The van der Waals surface area contributed by atoms with Crippen LogP contribution in [-0.4, -0.2) is 17.2 Å². The standard InChI is InChI=1S/C11H13IN2O2/c1-2-9(15)14-7-3-6-5-13-11(16)10(6)8(12)4-7/h3-4,9,14-15H,2,5H2,1H3,(H,13,16). The molecular formula is C11H13IN2O2. The van der Waals surface area contributed by atoms with Gasteiger partial charge in [-0.25, -0.2) is 0 Å². The van der Waals surface area contributed by atoms with Crippen molar-refractivity contribution < 1.29 is 9.90 Å². The molecule has 3 N–H and O–H groups in total. The van der Waals surface area contributed by atoms with Gasteiger partial charge in [0, 0.05) is 15.8 Å². The van der Waals surface area contributed by atoms with E-state index < -0.39 is 6.23 Å². The fraction of sp³-hybridized carbons (Fsp3) is 0.364. The quantitative estimate of drug-likeness (QED) is 0.583. The van der Waals surface area contributed by atoms with Gasteiger partial charge in [0.1, 0.15) is 6.23 Å². The summed E-state index contributed by atoms with van der Waals surface area (Å²) < 4.78 is 0.913. The van der Waals surface area contributed by atoms with E-state index in [0.29, 0.717) is 13.0 Å². The van der Waals surface area contributed by atoms with Gasteiger partial charge in [-0.15, -0.1) is 0 Å². The number of nitrogens with one attached hydrogen (secondary N) is 2. The Bertz CT molecular complexity index is 434. The number of benzene rings is 1. The zero-order valence-electron chi connectivity index (χ0n) is 8.88. The highest BCUT2D eigenvalue weighted by molar-refractivity contribution is 14.1. The molecule has 0 spiro atoms. The smallest absolute Gasteiger partial charge is 0.252 e. The zero-order valence-corrected chi connectivity index (χ0v) is 11.0. The minimum absolute atomic E-state index is 0.0120. The first-order valence-electron chi connectivity index (χ1n) is 5.17. The molecule has 0 aromatic heterocycles. The number of halogens is 1. The third kappa shape index (κ3) is 2.15. The van der Waals surface area contributed by atoms with Crippen LogP contribution in [0.2, 0.25) is 0 Å². The van der Waals surface area contributed by atoms with Crippen molar-refractivity contribution in [2.24, 2.45) is 0 Å². The van der Waals surface area contributed by atoms with Crippen molar-refractivity contribution >= 4 is 34.2 Å². The van der Waals surface area contributed by atoms with E-state index in [4.69, 9.17) is 0 Å². The highest BCUT2D eigenvalue weighted by atomic mass is 127. The maximum Gasteiger partial charge on any atom is 0.252 e. The predicted molar refractivity (Wildman–Crippen MR) is 70.2 cm³/mol. The topological polar surface area (TPSA) is 61.4 Å². The van der Waals surface area contributed by atoms with E-state index in [2.05, 4.69) is 33.2 Å². The minimum Gasteiger partial charge on any atom is -0.374 e. The number of anilines is 1. The van der Waals surface area contributed by atoms with E-state index in [0.717, 1.165) is 20.4 Å². The summed E-state index contributed by atoms with van der Waals surface area (Å²) in [6.07, 6.45) is 0.101. The molecule has 1 aliphatic rings. The Labute approximate surface area is 108 Å². The summed E-state index contributed by atoms with van der Waals surface area (Å²) in [6.45, 7) is 2.48. The second kappa shape index (κ2) is 4.58. The Morgan fingerprint density at radius 1 is 1.62 bits per heavy atom. The monoisotopic (exact) mass is 332 g/mol. The molecule has 1 aromatic rings. The Morgan fingerprint density at radius 3 is 3.06 bits per heavy atom. The Morgan fingerprint density at radius 2 is 2.38 bits per heavy atom. The molecule has 16 heavy (non-hydrogen) atoms. The summed E-state index contributed by atoms with van der Waals surface area (Å²) in [7, 11) is 0. The zero-order chi connectivity index (χ0) is 11.7. The molecule has 1 unspecified atom stereocenters. The molecular weight excluding hydrogens is 319 g/mol. The second-order valence-electron chi connectivity index (χ2n) is 3.74. The number of hydrogen-bond acceptors (Lipinski definition) is 3. The van der Waals surface area contributed by atoms with Crippen molar-refractivity contribution in [2.75, 3.05) is 5.32 Å². The molecule has 4 nitrogen and oxygen atoms in total. The lowest BCUT2D eigenvalue weighted by Gasteiger charge is -2.13. The number of fused-ring (bicyclic) bond motifs is 1. The van der Waals surface area contributed by atoms with Crippen LogP contribution in [0.1, 0.15) is 29.3 Å². The molecule has 0 bridgehead atoms. The van der Waals surface area contributed by atoms with Gasteiger partial charge in [-0.2, -0.15) is 0 Å². The summed E-state index contributed by atoms with van der Waals surface area (Å²) in [5.41, 5.74) is 2.61. The third-order valence-electron chi connectivity index (χ3n) is 2.56. The van der Waals surface area contributed by atoms with E-state index in [-0.39, 0.29) is 5.91 Å². The van der Waals surface area contributed by atoms with Gasteiger partial charge in [0.25, 0.3) is 5.91 Å². The summed E-state index contributed by atoms with van der Waals surface area (Å²) in [6, 6.07) is 3.79. The normalized spacial score (nSPS) is 15.6. The Balaban J connectivity index is 2.31. The number of carbonyl (C=O) groups excluding carboxylic acids is 1. The number of aliphatic hydroxyl groups excluding tert-OH is 1. The molecule has 0 radical (unpaired) electrons. The van der Waals surface area contributed by atoms with E-state index in [9.17, 15) is 9.90 Å². The third-order valence-corrected chi connectivity index (χ3v) is 3.41. The molecule has 0 saturated carbocycles. The lowest BCUT2D eigenvalue weighted by molar-refractivity contribution is 0.0965. The SMILES string of the molecule is CCC(O)Nc1cc(I)c2c(c1)CNC2=O. The van der Waals surface area contributed by atoms with Crippen LogP contribution in [0.15, 0.2) is 12.1 Å². The van der Waals surface area contributed by atoms with Gasteiger partial charge < -0.3 is 15.7 Å². The van der Waals surface area contributed by atoms with Crippen LogP contribution in [0.3, 0.4) is 0 Å². The van der Waals surface area contributed by atoms with Gasteiger partial charge in [-0.05, 0) is 46.7 Å². The summed E-state index contributed by atoms with van der Waals surface area (Å²) in [5, 5.41) is 15.3. The van der Waals surface area contributed by atoms with Crippen LogP contribution in [-0.2, 0) is 6.54 Å². The number of hydrogen-bond donors (Lipinski definition) is 3. The largest absolute Gasteiger partial charge is 0.374 e. The molecule has 1 aromatic carbocycles. The van der Waals surface area contributed by atoms with Crippen molar-refractivity contribution in [3.05, 3.63) is 26.8 Å². The summed E-state index contributed by atoms with van der Waals surface area (Å²) >= 11 is 2.14. The van der Waals surface area contributed by atoms with Gasteiger partial charge in [0.15, 0.2) is 0 Å². The second-order valence-corrected chi connectivity index (χ2v) is 4.91. The first-order valence-corrected chi connectivity index (χ1v) is 6.25. The lowest BCUT2D eigenvalue weighted by Crippen LogP contribution is -2.17. The average Bonchev–Trinajstić information content (AvgIpc) is 2.60. The van der Waals surface area contributed by atoms with Gasteiger partial charge >= 0.3 is 0 Å². The van der Waals surface area contributed by atoms with Crippen LogP contribution in [0.5, 0.6) is 0 Å². The van der Waals surface area contributed by atoms with Crippen molar-refractivity contribution in [2.45, 2.75) is 26.1 Å². The van der Waals surface area contributed by atoms with E-state index in [1.54, 1.807) is 0 Å². The van der Waals surface area contributed by atoms with Crippen LogP contribution in [0.4, 0.5) is 5.69 Å². The number of aliphatic hydroxyl groups is 1. The highest BCUT2D eigenvalue weighted by Crippen LogP contribution is 2.26. The first kappa shape index (κ1) is 11.7. The van der Waals surface area contributed by atoms with E-state index in [1.165, 1.54) is 0 Å². The molecule has 1 aliphatic heterocycles. The fourth-order valence-corrected chi connectivity index (χ4v) is 2.63. The maximum absolute atomic E-state index is 11.5. The molecule has 1 amide bonds. The maximum atomic E-state index is 11.5. The number of carbonyl (C=O) groups is 1. The summed E-state index contributed by atoms with van der Waals surface area (Å²) in [5.74, 6) is -0.0120. The van der Waals surface area contributed by atoms with Gasteiger partial charge in [-0.3, -0.25) is 4.79 Å². The van der Waals surface area contributed by atoms with Crippen LogP contribution < -0.4 is 10.6 Å². The van der Waals surface area contributed by atoms with Gasteiger partial charge in [0.05, 0.1) is 5.56 Å². The average molecular weight is 332 g/mol. The molecule has 86 valence electrons. The number of amides is 1. The first-order chi connectivity index (χ1) is 7.61. The van der Waals surface area contributed by atoms with Crippen LogP contribution >= 0.6 is 22.6 Å². The number of rotatable bonds is 3. The Hall–Kier alpha value is -0.820. The molecule has 1 atom stereocenters. The Kier molecular flexibility index (Phi) is 3.34. The van der Waals surface area contributed by atoms with Gasteiger partial charge in [-0.1, -0.05) is 6.92 Å². The molecule has 1 heterocycles. The highest BCUT2D eigenvalue weighted by Gasteiger charge is 2.22. The molecule has 0 aliphatic carbocycles. The molecule has 2 rings (SSSR count). The van der Waals surface area contributed by atoms with Crippen molar-refractivity contribution in [3.63, 3.8) is 0 Å². The molecule has 0 saturated heterocycles. The molecule has 0 fully saturated rings. The molecule has 5 heteroatoms. The lowest BCUT2D eigenvalue weighted by atomic mass is 10.1. The minimum atomic E-state index is -0.543. The van der Waals surface area contributed by atoms with Gasteiger partial charge in [0.2, 0.25) is 0 Å². The van der Waals surface area contributed by atoms with E-state index >= 15 is 0 Å². The van der Waals surface area contributed by atoms with E-state index in [1.807, 2.05) is 19.1 Å². The van der Waals surface area contributed by atoms with Crippen LogP contribution in [0, 0.1) is 3.57 Å². The van der Waals surface area contributed by atoms with Crippen molar-refractivity contribution in [1.82, 2.24) is 5.32 Å². The van der Waals surface area contributed by atoms with Crippen molar-refractivity contribution in [1.29, 1.82) is 0 Å². The predicted octanol–water partition coefficient (Wildman–Crippen LogP) is 1.67.